The molecule has 0 saturated carbocycles. The summed E-state index contributed by atoms with van der Waals surface area (Å²) in [4.78, 5) is 10.3. The summed E-state index contributed by atoms with van der Waals surface area (Å²) in [6.07, 6.45) is 13.4. The molecule has 240 valence electrons. The lowest BCUT2D eigenvalue weighted by Crippen LogP contribution is -2.42. The van der Waals surface area contributed by atoms with Gasteiger partial charge in [-0.3, -0.25) is 4.99 Å². The summed E-state index contributed by atoms with van der Waals surface area (Å²) >= 11 is 0. The maximum absolute atomic E-state index is 9.54. The van der Waals surface area contributed by atoms with Crippen LogP contribution in [0.5, 0.6) is 0 Å². The SMILES string of the molecule is N#Cc1ccc(N2C3C(=NC2c2ccc(-c4ccc(N(c5ccccc5)c5ccccc5)cc4)cc2)C2=C(CCC=C2)C2=C3C=CCC2)cc1. The number of allylic oxidation sites excluding steroid dienone is 5. The van der Waals surface area contributed by atoms with Crippen LogP contribution >= 0.6 is 0 Å². The lowest BCUT2D eigenvalue weighted by Gasteiger charge is -2.38. The zero-order valence-corrected chi connectivity index (χ0v) is 27.8. The molecular formula is C46H36N4. The predicted molar refractivity (Wildman–Crippen MR) is 205 cm³/mol. The maximum atomic E-state index is 9.54. The summed E-state index contributed by atoms with van der Waals surface area (Å²) in [5.74, 6) is 0. The molecule has 4 heteroatoms. The Balaban J connectivity index is 1.07. The van der Waals surface area contributed by atoms with Crippen molar-refractivity contribution in [2.24, 2.45) is 4.99 Å². The van der Waals surface area contributed by atoms with Crippen LogP contribution in [0.25, 0.3) is 11.1 Å². The number of hydrogen-bond donors (Lipinski definition) is 0. The fraction of sp³-hybridized carbons (Fsp3) is 0.130. The number of aliphatic imine (C=N–C) groups is 1. The van der Waals surface area contributed by atoms with Crippen LogP contribution in [0.3, 0.4) is 0 Å². The molecule has 2 atom stereocenters. The minimum Gasteiger partial charge on any atom is -0.333 e. The van der Waals surface area contributed by atoms with Crippen molar-refractivity contribution in [2.75, 3.05) is 9.80 Å². The molecule has 50 heavy (non-hydrogen) atoms. The number of benzene rings is 5. The van der Waals surface area contributed by atoms with Gasteiger partial charge in [-0.25, -0.2) is 0 Å². The molecular weight excluding hydrogens is 609 g/mol. The molecule has 4 aliphatic rings. The number of anilines is 4. The molecule has 5 aromatic rings. The molecule has 1 heterocycles. The van der Waals surface area contributed by atoms with Crippen LogP contribution in [-0.4, -0.2) is 11.8 Å². The monoisotopic (exact) mass is 644 g/mol. The molecule has 1 aliphatic heterocycles. The van der Waals surface area contributed by atoms with E-state index >= 15 is 0 Å². The number of rotatable bonds is 6. The van der Waals surface area contributed by atoms with E-state index < -0.39 is 0 Å². The van der Waals surface area contributed by atoms with Crippen molar-refractivity contribution in [3.05, 3.63) is 191 Å². The normalized spacial score (nSPS) is 19.0. The van der Waals surface area contributed by atoms with Gasteiger partial charge in [0.1, 0.15) is 6.17 Å². The minimum atomic E-state index is -0.184. The predicted octanol–water partition coefficient (Wildman–Crippen LogP) is 11.3. The molecule has 0 radical (unpaired) electrons. The van der Waals surface area contributed by atoms with Gasteiger partial charge < -0.3 is 9.80 Å². The molecule has 0 spiro atoms. The lowest BCUT2D eigenvalue weighted by molar-refractivity contribution is 0.681. The van der Waals surface area contributed by atoms with Gasteiger partial charge in [-0.15, -0.1) is 0 Å². The quantitative estimate of drug-likeness (QED) is 0.185. The van der Waals surface area contributed by atoms with Crippen LogP contribution in [0.1, 0.15) is 43.0 Å². The molecule has 0 amide bonds. The van der Waals surface area contributed by atoms with Crippen LogP contribution < -0.4 is 9.80 Å². The molecule has 0 bridgehead atoms. The van der Waals surface area contributed by atoms with Crippen molar-refractivity contribution >= 4 is 28.5 Å². The molecule has 0 aromatic heterocycles. The van der Waals surface area contributed by atoms with Gasteiger partial charge in [-0.05, 0) is 120 Å². The highest BCUT2D eigenvalue weighted by Gasteiger charge is 2.44. The van der Waals surface area contributed by atoms with Gasteiger partial charge in [0, 0.05) is 28.3 Å². The zero-order valence-electron chi connectivity index (χ0n) is 27.8. The third-order valence-corrected chi connectivity index (χ3v) is 10.4. The highest BCUT2D eigenvalue weighted by molar-refractivity contribution is 6.14. The smallest absolute Gasteiger partial charge is 0.148 e. The van der Waals surface area contributed by atoms with Gasteiger partial charge in [-0.2, -0.15) is 5.26 Å². The Morgan fingerprint density at radius 1 is 0.620 bits per heavy atom. The number of para-hydroxylation sites is 2. The first-order valence-corrected chi connectivity index (χ1v) is 17.5. The van der Waals surface area contributed by atoms with Crippen LogP contribution in [0.2, 0.25) is 0 Å². The van der Waals surface area contributed by atoms with Gasteiger partial charge >= 0.3 is 0 Å². The minimum absolute atomic E-state index is 0.0328. The van der Waals surface area contributed by atoms with E-state index in [-0.39, 0.29) is 12.2 Å². The molecule has 0 N–H and O–H groups in total. The largest absolute Gasteiger partial charge is 0.333 e. The highest BCUT2D eigenvalue weighted by Crippen LogP contribution is 2.48. The van der Waals surface area contributed by atoms with E-state index in [1.807, 2.05) is 12.1 Å². The van der Waals surface area contributed by atoms with Crippen molar-refractivity contribution in [1.82, 2.24) is 0 Å². The zero-order chi connectivity index (χ0) is 33.4. The molecule has 2 unspecified atom stereocenters. The molecule has 5 aromatic carbocycles. The third-order valence-electron chi connectivity index (χ3n) is 10.4. The lowest BCUT2D eigenvalue weighted by atomic mass is 9.74. The van der Waals surface area contributed by atoms with Crippen molar-refractivity contribution in [3.63, 3.8) is 0 Å². The van der Waals surface area contributed by atoms with Crippen molar-refractivity contribution in [3.8, 4) is 17.2 Å². The Labute approximate surface area is 294 Å². The third kappa shape index (κ3) is 5.19. The summed E-state index contributed by atoms with van der Waals surface area (Å²) in [7, 11) is 0. The van der Waals surface area contributed by atoms with Crippen molar-refractivity contribution in [2.45, 2.75) is 37.9 Å². The molecule has 3 aliphatic carbocycles. The summed E-state index contributed by atoms with van der Waals surface area (Å²) in [5.41, 5.74) is 15.4. The first kappa shape index (κ1) is 29.9. The van der Waals surface area contributed by atoms with E-state index in [0.29, 0.717) is 5.56 Å². The van der Waals surface area contributed by atoms with Crippen LogP contribution in [0, 0.1) is 11.3 Å². The van der Waals surface area contributed by atoms with Gasteiger partial charge in [0.15, 0.2) is 0 Å². The van der Waals surface area contributed by atoms with Gasteiger partial charge in [0.25, 0.3) is 0 Å². The number of hydrogen-bond acceptors (Lipinski definition) is 4. The molecule has 4 nitrogen and oxygen atoms in total. The van der Waals surface area contributed by atoms with Crippen LogP contribution in [-0.2, 0) is 0 Å². The summed E-state index contributed by atoms with van der Waals surface area (Å²) in [6, 6.07) is 49.1. The van der Waals surface area contributed by atoms with Crippen LogP contribution in [0.4, 0.5) is 22.7 Å². The van der Waals surface area contributed by atoms with E-state index in [2.05, 4.69) is 162 Å². The Bertz CT molecular complexity index is 2210. The van der Waals surface area contributed by atoms with E-state index in [4.69, 9.17) is 4.99 Å². The summed E-state index contributed by atoms with van der Waals surface area (Å²) in [5, 5.41) is 9.54. The fourth-order valence-corrected chi connectivity index (χ4v) is 8.02. The average Bonchev–Trinajstić information content (AvgIpc) is 3.61. The second kappa shape index (κ2) is 12.7. The molecule has 0 fully saturated rings. The Hall–Kier alpha value is -6.18. The molecule has 0 saturated heterocycles. The second-order valence-electron chi connectivity index (χ2n) is 13.2. The fourth-order valence-electron chi connectivity index (χ4n) is 8.02. The Morgan fingerprint density at radius 3 is 1.84 bits per heavy atom. The van der Waals surface area contributed by atoms with E-state index in [1.165, 1.54) is 33.4 Å². The first-order chi connectivity index (χ1) is 24.8. The number of nitrogens with zero attached hydrogens (tertiary/aromatic N) is 4. The maximum Gasteiger partial charge on any atom is 0.148 e. The van der Waals surface area contributed by atoms with Crippen molar-refractivity contribution < 1.29 is 0 Å². The van der Waals surface area contributed by atoms with Gasteiger partial charge in [0.05, 0.1) is 23.4 Å². The number of nitriles is 1. The first-order valence-electron chi connectivity index (χ1n) is 17.5. The van der Waals surface area contributed by atoms with E-state index in [1.54, 1.807) is 0 Å². The number of fused-ring (bicyclic) bond motifs is 4. The standard InChI is InChI=1S/C46H36N4/c47-31-32-19-27-39(28-20-32)50-45-43-18-10-8-16-41(43)40-15-7-9-17-42(40)44(45)48-46(50)35-23-21-33(22-24-35)34-25-29-38(30-26-34)49(36-11-3-1-4-12-36)37-13-5-2-6-14-37/h1-6,9-14,17-30,45-46H,7-8,15-16H2. The molecule has 9 rings (SSSR count). The average molecular weight is 645 g/mol. The second-order valence-corrected chi connectivity index (χ2v) is 13.2. The summed E-state index contributed by atoms with van der Waals surface area (Å²) in [6.45, 7) is 0. The van der Waals surface area contributed by atoms with Gasteiger partial charge in [-0.1, -0.05) is 97.1 Å². The Morgan fingerprint density at radius 2 is 1.20 bits per heavy atom. The highest BCUT2D eigenvalue weighted by atomic mass is 15.3. The Kier molecular flexibility index (Phi) is 7.59. The summed E-state index contributed by atoms with van der Waals surface area (Å²) < 4.78 is 0. The van der Waals surface area contributed by atoms with Crippen LogP contribution in [0.15, 0.2) is 185 Å². The van der Waals surface area contributed by atoms with Gasteiger partial charge in [0.2, 0.25) is 0 Å². The topological polar surface area (TPSA) is 42.6 Å². The van der Waals surface area contributed by atoms with Crippen molar-refractivity contribution in [1.29, 1.82) is 5.26 Å². The van der Waals surface area contributed by atoms with E-state index in [9.17, 15) is 5.26 Å². The van der Waals surface area contributed by atoms with E-state index in [0.717, 1.165) is 59.7 Å².